The first-order chi connectivity index (χ1) is 8.34. The summed E-state index contributed by atoms with van der Waals surface area (Å²) in [5.41, 5.74) is -0.995. The second-order valence-corrected chi connectivity index (χ2v) is 4.08. The zero-order valence-electron chi connectivity index (χ0n) is 10.9. The number of aryl methyl sites for hydroxylation is 1. The smallest absolute Gasteiger partial charge is 0.346 e. The summed E-state index contributed by atoms with van der Waals surface area (Å²) in [5, 5.41) is 6.57. The van der Waals surface area contributed by atoms with E-state index in [0.717, 1.165) is 9.25 Å². The van der Waals surface area contributed by atoms with Crippen LogP contribution in [0.25, 0.3) is 0 Å². The number of nitrogens with zero attached hydrogens (tertiary/aromatic N) is 4. The molecule has 0 aliphatic heterocycles. The number of hydrogen-bond acceptors (Lipinski definition) is 5. The quantitative estimate of drug-likeness (QED) is 0.697. The molecule has 0 saturated heterocycles. The highest BCUT2D eigenvalue weighted by molar-refractivity contribution is 5.76. The molecule has 1 aromatic heterocycles. The third-order valence-electron chi connectivity index (χ3n) is 2.45. The van der Waals surface area contributed by atoms with Crippen LogP contribution in [0.2, 0.25) is 0 Å². The van der Waals surface area contributed by atoms with Crippen molar-refractivity contribution in [3.05, 3.63) is 20.8 Å². The Hall–Kier alpha value is -2.12. The number of carbonyl (C=O) groups excluding carboxylic acids is 1. The molecule has 0 bridgehead atoms. The SMILES string of the molecule is CN(C)C(=O)CCNc1nn(C)c(=O)n(C)c1=O. The van der Waals surface area contributed by atoms with Gasteiger partial charge in [-0.3, -0.25) is 14.2 Å². The van der Waals surface area contributed by atoms with Crippen LogP contribution >= 0.6 is 0 Å². The van der Waals surface area contributed by atoms with Crippen LogP contribution in [-0.4, -0.2) is 45.8 Å². The molecule has 1 amide bonds. The van der Waals surface area contributed by atoms with Crippen LogP contribution in [0.1, 0.15) is 6.42 Å². The average Bonchev–Trinajstić information content (AvgIpc) is 2.32. The summed E-state index contributed by atoms with van der Waals surface area (Å²) >= 11 is 0. The Morgan fingerprint density at radius 3 is 2.50 bits per heavy atom. The van der Waals surface area contributed by atoms with E-state index < -0.39 is 11.2 Å². The third kappa shape index (κ3) is 2.96. The number of carbonyl (C=O) groups is 1. The Morgan fingerprint density at radius 1 is 1.33 bits per heavy atom. The highest BCUT2D eigenvalue weighted by Gasteiger charge is 2.09. The first-order valence-corrected chi connectivity index (χ1v) is 5.43. The molecule has 1 heterocycles. The first-order valence-electron chi connectivity index (χ1n) is 5.43. The number of amides is 1. The Balaban J connectivity index is 2.78. The lowest BCUT2D eigenvalue weighted by Gasteiger charge is -2.11. The highest BCUT2D eigenvalue weighted by Crippen LogP contribution is 1.92. The lowest BCUT2D eigenvalue weighted by atomic mass is 10.4. The molecule has 100 valence electrons. The van der Waals surface area contributed by atoms with Gasteiger partial charge < -0.3 is 10.2 Å². The Morgan fingerprint density at radius 2 is 1.94 bits per heavy atom. The first kappa shape index (κ1) is 13.9. The minimum atomic E-state index is -0.504. The van der Waals surface area contributed by atoms with Crippen molar-refractivity contribution in [2.75, 3.05) is 26.0 Å². The summed E-state index contributed by atoms with van der Waals surface area (Å²) in [6, 6.07) is 0. The molecule has 0 saturated carbocycles. The Bertz CT molecular complexity index is 558. The van der Waals surface area contributed by atoms with E-state index in [1.807, 2.05) is 0 Å². The number of nitrogens with one attached hydrogen (secondary N) is 1. The molecule has 0 spiro atoms. The average molecular weight is 255 g/mol. The molecule has 8 nitrogen and oxygen atoms in total. The molecule has 0 aliphatic rings. The van der Waals surface area contributed by atoms with Gasteiger partial charge in [-0.05, 0) is 0 Å². The number of anilines is 1. The molecule has 8 heteroatoms. The molecule has 0 atom stereocenters. The summed E-state index contributed by atoms with van der Waals surface area (Å²) in [6.45, 7) is 0.289. The van der Waals surface area contributed by atoms with E-state index in [2.05, 4.69) is 10.4 Å². The van der Waals surface area contributed by atoms with Crippen LogP contribution in [0.4, 0.5) is 5.82 Å². The van der Waals surface area contributed by atoms with Gasteiger partial charge in [0.25, 0.3) is 5.56 Å². The lowest BCUT2D eigenvalue weighted by Crippen LogP contribution is -2.40. The summed E-state index contributed by atoms with van der Waals surface area (Å²) in [5.74, 6) is 0.00954. The zero-order chi connectivity index (χ0) is 13.9. The van der Waals surface area contributed by atoms with Crippen molar-refractivity contribution in [2.45, 2.75) is 6.42 Å². The third-order valence-corrected chi connectivity index (χ3v) is 2.45. The minimum Gasteiger partial charge on any atom is -0.364 e. The fourth-order valence-corrected chi connectivity index (χ4v) is 1.32. The van der Waals surface area contributed by atoms with Crippen LogP contribution < -0.4 is 16.6 Å². The topological polar surface area (TPSA) is 89.2 Å². The maximum atomic E-state index is 11.7. The van der Waals surface area contributed by atoms with Crippen molar-refractivity contribution in [3.63, 3.8) is 0 Å². The van der Waals surface area contributed by atoms with Gasteiger partial charge in [0.05, 0.1) is 0 Å². The van der Waals surface area contributed by atoms with Gasteiger partial charge in [-0.25, -0.2) is 9.48 Å². The summed E-state index contributed by atoms with van der Waals surface area (Å²) in [6.07, 6.45) is 0.251. The standard InChI is InChI=1S/C10H17N5O3/c1-13(2)7(16)5-6-11-8-9(17)14(3)10(18)15(4)12-8/h5-6H2,1-4H3,(H,11,12). The van der Waals surface area contributed by atoms with E-state index >= 15 is 0 Å². The van der Waals surface area contributed by atoms with E-state index in [1.54, 1.807) is 14.1 Å². The van der Waals surface area contributed by atoms with Gasteiger partial charge in [-0.15, -0.1) is 5.10 Å². The second-order valence-electron chi connectivity index (χ2n) is 4.08. The molecule has 18 heavy (non-hydrogen) atoms. The normalized spacial score (nSPS) is 10.2. The maximum Gasteiger partial charge on any atom is 0.346 e. The second kappa shape index (κ2) is 5.48. The predicted octanol–water partition coefficient (Wildman–Crippen LogP) is -1.63. The van der Waals surface area contributed by atoms with E-state index in [1.165, 1.54) is 19.0 Å². The van der Waals surface area contributed by atoms with Gasteiger partial charge in [-0.1, -0.05) is 0 Å². The lowest BCUT2D eigenvalue weighted by molar-refractivity contribution is -0.128. The molecule has 1 N–H and O–H groups in total. The van der Waals surface area contributed by atoms with Gasteiger partial charge in [0.1, 0.15) is 0 Å². The van der Waals surface area contributed by atoms with Crippen molar-refractivity contribution in [2.24, 2.45) is 14.1 Å². The zero-order valence-corrected chi connectivity index (χ0v) is 10.9. The van der Waals surface area contributed by atoms with Crippen LogP contribution in [0.5, 0.6) is 0 Å². The Labute approximate surface area is 104 Å². The van der Waals surface area contributed by atoms with E-state index in [0.29, 0.717) is 0 Å². The number of hydrogen-bond donors (Lipinski definition) is 1. The fourth-order valence-electron chi connectivity index (χ4n) is 1.32. The molecule has 0 radical (unpaired) electrons. The molecular formula is C10H17N5O3. The predicted molar refractivity (Wildman–Crippen MR) is 66.5 cm³/mol. The van der Waals surface area contributed by atoms with Crippen LogP contribution in [0, 0.1) is 0 Å². The maximum absolute atomic E-state index is 11.7. The largest absolute Gasteiger partial charge is 0.364 e. The number of aromatic nitrogens is 3. The van der Waals surface area contributed by atoms with Gasteiger partial charge >= 0.3 is 5.69 Å². The minimum absolute atomic E-state index is 0.0517. The van der Waals surface area contributed by atoms with Crippen molar-refractivity contribution < 1.29 is 4.79 Å². The van der Waals surface area contributed by atoms with E-state index in [-0.39, 0.29) is 24.7 Å². The van der Waals surface area contributed by atoms with Crippen LogP contribution in [0.15, 0.2) is 9.59 Å². The van der Waals surface area contributed by atoms with Crippen molar-refractivity contribution in [3.8, 4) is 0 Å². The fraction of sp³-hybridized carbons (Fsp3) is 0.600. The van der Waals surface area contributed by atoms with Crippen molar-refractivity contribution in [1.29, 1.82) is 0 Å². The summed E-state index contributed by atoms with van der Waals surface area (Å²) in [4.78, 5) is 35.9. The van der Waals surface area contributed by atoms with E-state index in [9.17, 15) is 14.4 Å². The van der Waals surface area contributed by atoms with Crippen LogP contribution in [0.3, 0.4) is 0 Å². The number of rotatable bonds is 4. The molecule has 0 aromatic carbocycles. The van der Waals surface area contributed by atoms with Gasteiger partial charge in [-0.2, -0.15) is 0 Å². The monoisotopic (exact) mass is 255 g/mol. The Kier molecular flexibility index (Phi) is 4.24. The molecule has 0 unspecified atom stereocenters. The van der Waals surface area contributed by atoms with Crippen molar-refractivity contribution in [1.82, 2.24) is 19.2 Å². The summed E-state index contributed by atoms with van der Waals surface area (Å²) in [7, 11) is 6.15. The molecular weight excluding hydrogens is 238 g/mol. The van der Waals surface area contributed by atoms with Gasteiger partial charge in [0.15, 0.2) is 0 Å². The molecule has 0 aliphatic carbocycles. The van der Waals surface area contributed by atoms with Crippen molar-refractivity contribution >= 4 is 11.7 Å². The van der Waals surface area contributed by atoms with Gasteiger partial charge in [0.2, 0.25) is 11.7 Å². The van der Waals surface area contributed by atoms with E-state index in [4.69, 9.17) is 0 Å². The van der Waals surface area contributed by atoms with Gasteiger partial charge in [0, 0.05) is 41.2 Å². The molecule has 1 aromatic rings. The molecule has 1 rings (SSSR count). The summed E-state index contributed by atoms with van der Waals surface area (Å²) < 4.78 is 2.03. The van der Waals surface area contributed by atoms with Crippen LogP contribution in [-0.2, 0) is 18.9 Å². The highest BCUT2D eigenvalue weighted by atomic mass is 16.2. The molecule has 0 fully saturated rings.